The molecule has 0 bridgehead atoms. The zero-order valence-electron chi connectivity index (χ0n) is 13.7. The summed E-state index contributed by atoms with van der Waals surface area (Å²) >= 11 is 0. The Hall–Kier alpha value is -0.940. The number of hydrogen-bond donors (Lipinski definition) is 1. The molecule has 0 heterocycles. The first kappa shape index (κ1) is 18.1. The van der Waals surface area contributed by atoms with Gasteiger partial charge in [-0.2, -0.15) is 0 Å². The molecule has 1 aromatic carbocycles. The molecule has 1 rings (SSSR count). The van der Waals surface area contributed by atoms with Crippen molar-refractivity contribution in [3.63, 3.8) is 0 Å². The molecule has 0 aliphatic carbocycles. The predicted molar refractivity (Wildman–Crippen MR) is 87.7 cm³/mol. The molecule has 4 heteroatoms. The van der Waals surface area contributed by atoms with E-state index in [0.29, 0.717) is 0 Å². The highest BCUT2D eigenvalue weighted by Crippen LogP contribution is 2.12. The minimum absolute atomic E-state index is 0.770. The van der Waals surface area contributed by atoms with Crippen molar-refractivity contribution in [2.75, 3.05) is 54.1 Å². The first-order chi connectivity index (χ1) is 10.3. The molecule has 0 saturated carbocycles. The molecule has 1 aromatic rings. The Morgan fingerprint density at radius 2 is 1.71 bits per heavy atom. The zero-order valence-corrected chi connectivity index (χ0v) is 13.7. The van der Waals surface area contributed by atoms with Crippen LogP contribution in [0.3, 0.4) is 0 Å². The van der Waals surface area contributed by atoms with Crippen LogP contribution in [0.15, 0.2) is 24.3 Å². The quantitative estimate of drug-likeness (QED) is 0.597. The Bertz CT molecular complexity index is 372. The molecule has 120 valence electrons. The van der Waals surface area contributed by atoms with Crippen molar-refractivity contribution in [2.45, 2.75) is 19.4 Å². The molecule has 0 fully saturated rings. The molecule has 0 atom stereocenters. The number of rotatable bonds is 12. The van der Waals surface area contributed by atoms with Gasteiger partial charge in [-0.1, -0.05) is 24.3 Å². The molecule has 0 spiro atoms. The number of methoxy groups -OCH3 is 2. The van der Waals surface area contributed by atoms with Gasteiger partial charge in [0.2, 0.25) is 0 Å². The van der Waals surface area contributed by atoms with Crippen molar-refractivity contribution in [1.29, 1.82) is 0 Å². The number of benzene rings is 1. The van der Waals surface area contributed by atoms with Gasteiger partial charge < -0.3 is 14.8 Å². The smallest absolute Gasteiger partial charge is 0.0589 e. The Labute approximate surface area is 129 Å². The minimum Gasteiger partial charge on any atom is -0.385 e. The third-order valence-electron chi connectivity index (χ3n) is 3.59. The van der Waals surface area contributed by atoms with Crippen molar-refractivity contribution < 1.29 is 9.47 Å². The molecule has 0 amide bonds. The summed E-state index contributed by atoms with van der Waals surface area (Å²) in [5, 5.41) is 3.22. The second-order valence-corrected chi connectivity index (χ2v) is 5.24. The number of ether oxygens (including phenoxy) is 2. The second-order valence-electron chi connectivity index (χ2n) is 5.24. The summed E-state index contributed by atoms with van der Waals surface area (Å²) in [6, 6.07) is 8.72. The van der Waals surface area contributed by atoms with E-state index in [0.717, 1.165) is 52.2 Å². The van der Waals surface area contributed by atoms with E-state index in [9.17, 15) is 0 Å². The first-order valence-corrected chi connectivity index (χ1v) is 7.73. The van der Waals surface area contributed by atoms with Gasteiger partial charge in [-0.25, -0.2) is 0 Å². The summed E-state index contributed by atoms with van der Waals surface area (Å²) in [5.41, 5.74) is 2.85. The summed E-state index contributed by atoms with van der Waals surface area (Å²) in [6.45, 7) is 5.57. The molecule has 0 aromatic heterocycles. The second kappa shape index (κ2) is 11.7. The van der Waals surface area contributed by atoms with Crippen LogP contribution in [0.5, 0.6) is 0 Å². The van der Waals surface area contributed by atoms with Crippen LogP contribution in [0.4, 0.5) is 0 Å². The fraction of sp³-hybridized carbons (Fsp3) is 0.647. The highest BCUT2D eigenvalue weighted by Gasteiger charge is 2.09. The fourth-order valence-electron chi connectivity index (χ4n) is 2.38. The van der Waals surface area contributed by atoms with Crippen LogP contribution in [0.1, 0.15) is 17.5 Å². The molecular formula is C17H30N2O2. The summed E-state index contributed by atoms with van der Waals surface area (Å²) in [5.74, 6) is 0. The zero-order chi connectivity index (χ0) is 15.3. The number of nitrogens with zero attached hydrogens (tertiary/aromatic N) is 1. The standard InChI is InChI=1S/C17H30N2O2/c1-18-10-9-16-7-4-5-8-17(16)15-19(12-14-21-3)11-6-13-20-2/h4-5,7-8,18H,6,9-15H2,1-3H3. The lowest BCUT2D eigenvalue weighted by Crippen LogP contribution is -2.29. The van der Waals surface area contributed by atoms with Crippen molar-refractivity contribution in [2.24, 2.45) is 0 Å². The summed E-state index contributed by atoms with van der Waals surface area (Å²) in [6.07, 6.45) is 2.13. The molecule has 1 N–H and O–H groups in total. The van der Waals surface area contributed by atoms with E-state index in [2.05, 4.69) is 34.5 Å². The van der Waals surface area contributed by atoms with E-state index in [1.54, 1.807) is 14.2 Å². The molecule has 4 nitrogen and oxygen atoms in total. The van der Waals surface area contributed by atoms with E-state index >= 15 is 0 Å². The van der Waals surface area contributed by atoms with E-state index in [-0.39, 0.29) is 0 Å². The van der Waals surface area contributed by atoms with Gasteiger partial charge in [0.25, 0.3) is 0 Å². The molecule has 21 heavy (non-hydrogen) atoms. The number of hydrogen-bond acceptors (Lipinski definition) is 4. The maximum Gasteiger partial charge on any atom is 0.0589 e. The first-order valence-electron chi connectivity index (χ1n) is 7.73. The lowest BCUT2D eigenvalue weighted by Gasteiger charge is -2.23. The van der Waals surface area contributed by atoms with Gasteiger partial charge in [-0.3, -0.25) is 4.90 Å². The molecule has 0 radical (unpaired) electrons. The SMILES string of the molecule is CNCCc1ccccc1CN(CCCOC)CCOC. The topological polar surface area (TPSA) is 33.7 Å². The summed E-state index contributed by atoms with van der Waals surface area (Å²) in [4.78, 5) is 2.45. The number of likely N-dealkylation sites (N-methyl/N-ethyl adjacent to an activating group) is 1. The molecule has 0 aliphatic heterocycles. The highest BCUT2D eigenvalue weighted by molar-refractivity contribution is 5.27. The van der Waals surface area contributed by atoms with Crippen LogP contribution in [0.25, 0.3) is 0 Å². The van der Waals surface area contributed by atoms with Crippen molar-refractivity contribution in [3.8, 4) is 0 Å². The average molecular weight is 294 g/mol. The Morgan fingerprint density at radius 3 is 2.38 bits per heavy atom. The van der Waals surface area contributed by atoms with E-state index in [1.165, 1.54) is 11.1 Å². The average Bonchev–Trinajstić information content (AvgIpc) is 2.51. The maximum absolute atomic E-state index is 5.23. The largest absolute Gasteiger partial charge is 0.385 e. The van der Waals surface area contributed by atoms with Gasteiger partial charge in [-0.05, 0) is 37.6 Å². The maximum atomic E-state index is 5.23. The van der Waals surface area contributed by atoms with Crippen LogP contribution >= 0.6 is 0 Å². The Balaban J connectivity index is 2.62. The van der Waals surface area contributed by atoms with Gasteiger partial charge in [0.05, 0.1) is 6.61 Å². The van der Waals surface area contributed by atoms with Crippen LogP contribution in [-0.2, 0) is 22.4 Å². The lowest BCUT2D eigenvalue weighted by atomic mass is 10.0. The van der Waals surface area contributed by atoms with Gasteiger partial charge in [-0.15, -0.1) is 0 Å². The van der Waals surface area contributed by atoms with Gasteiger partial charge in [0, 0.05) is 40.5 Å². The van der Waals surface area contributed by atoms with Gasteiger partial charge in [0.1, 0.15) is 0 Å². The molecule has 0 saturated heterocycles. The molecular weight excluding hydrogens is 264 g/mol. The number of nitrogens with one attached hydrogen (secondary N) is 1. The van der Waals surface area contributed by atoms with Crippen molar-refractivity contribution in [1.82, 2.24) is 10.2 Å². The predicted octanol–water partition coefficient (Wildman–Crippen LogP) is 1.93. The van der Waals surface area contributed by atoms with Crippen molar-refractivity contribution >= 4 is 0 Å². The van der Waals surface area contributed by atoms with Crippen LogP contribution in [-0.4, -0.2) is 59.0 Å². The van der Waals surface area contributed by atoms with Crippen LogP contribution < -0.4 is 5.32 Å². The third-order valence-corrected chi connectivity index (χ3v) is 3.59. The minimum atomic E-state index is 0.770. The Kier molecular flexibility index (Phi) is 10.1. The van der Waals surface area contributed by atoms with E-state index in [4.69, 9.17) is 9.47 Å². The van der Waals surface area contributed by atoms with Crippen LogP contribution in [0.2, 0.25) is 0 Å². The summed E-state index contributed by atoms with van der Waals surface area (Å²) in [7, 11) is 5.51. The normalized spacial score (nSPS) is 11.2. The van der Waals surface area contributed by atoms with E-state index in [1.807, 2.05) is 7.05 Å². The van der Waals surface area contributed by atoms with Crippen molar-refractivity contribution in [3.05, 3.63) is 35.4 Å². The Morgan fingerprint density at radius 1 is 1.00 bits per heavy atom. The van der Waals surface area contributed by atoms with Gasteiger partial charge in [0.15, 0.2) is 0 Å². The monoisotopic (exact) mass is 294 g/mol. The fourth-order valence-corrected chi connectivity index (χ4v) is 2.38. The third kappa shape index (κ3) is 7.58. The molecule has 0 unspecified atom stereocenters. The summed E-state index contributed by atoms with van der Waals surface area (Å²) < 4.78 is 10.4. The van der Waals surface area contributed by atoms with E-state index < -0.39 is 0 Å². The lowest BCUT2D eigenvalue weighted by molar-refractivity contribution is 0.129. The molecule has 0 aliphatic rings. The highest BCUT2D eigenvalue weighted by atomic mass is 16.5. The van der Waals surface area contributed by atoms with Gasteiger partial charge >= 0.3 is 0 Å². The van der Waals surface area contributed by atoms with Crippen LogP contribution in [0, 0.1) is 0 Å².